The van der Waals surface area contributed by atoms with E-state index in [0.717, 1.165) is 28.0 Å². The number of halogens is 2. The third-order valence-electron chi connectivity index (χ3n) is 4.63. The molecule has 0 unspecified atom stereocenters. The lowest BCUT2D eigenvalue weighted by Gasteiger charge is -2.32. The van der Waals surface area contributed by atoms with Crippen LogP contribution in [0, 0.1) is 0 Å². The third kappa shape index (κ3) is 2.69. The lowest BCUT2D eigenvalue weighted by molar-refractivity contribution is -0.136. The molecule has 3 heterocycles. The Morgan fingerprint density at radius 1 is 1.42 bits per heavy atom. The molecule has 0 atom stereocenters. The van der Waals surface area contributed by atoms with Gasteiger partial charge in [-0.1, -0.05) is 23.2 Å². The van der Waals surface area contributed by atoms with Gasteiger partial charge in [0.05, 0.1) is 16.3 Å². The molecule has 0 saturated heterocycles. The number of amides is 1. The van der Waals surface area contributed by atoms with Crippen LogP contribution in [0.1, 0.15) is 25.2 Å². The molecule has 0 bridgehead atoms. The molecule has 4 rings (SSSR count). The third-order valence-corrected chi connectivity index (χ3v) is 5.40. The van der Waals surface area contributed by atoms with Crippen molar-refractivity contribution in [2.45, 2.75) is 32.4 Å². The highest BCUT2D eigenvalue weighted by Crippen LogP contribution is 2.43. The van der Waals surface area contributed by atoms with Crippen LogP contribution >= 0.6 is 23.2 Å². The maximum absolute atomic E-state index is 12.6. The number of carbonyl (C=O) groups excluding carboxylic acids is 1. The normalized spacial score (nSPS) is 14.7. The molecule has 1 aliphatic heterocycles. The van der Waals surface area contributed by atoms with Crippen molar-refractivity contribution >= 4 is 40.1 Å². The van der Waals surface area contributed by atoms with E-state index in [0.29, 0.717) is 35.1 Å². The van der Waals surface area contributed by atoms with Gasteiger partial charge in [0.2, 0.25) is 5.91 Å². The monoisotopic (exact) mass is 392 g/mol. The molecule has 0 spiro atoms. The Morgan fingerprint density at radius 3 is 2.85 bits per heavy atom. The highest BCUT2D eigenvalue weighted by molar-refractivity contribution is 6.45. The number of furan rings is 1. The molecule has 26 heavy (non-hydrogen) atoms. The molecule has 3 aromatic rings. The minimum atomic E-state index is -0.926. The van der Waals surface area contributed by atoms with Crippen LogP contribution < -0.4 is 5.73 Å². The largest absolute Gasteiger partial charge is 0.459 e. The second kappa shape index (κ2) is 6.01. The van der Waals surface area contributed by atoms with Crippen molar-refractivity contribution in [2.24, 2.45) is 5.73 Å². The quantitative estimate of drug-likeness (QED) is 0.694. The van der Waals surface area contributed by atoms with E-state index in [2.05, 4.69) is 10.2 Å². The number of nitrogens with one attached hydrogen (secondary N) is 1. The van der Waals surface area contributed by atoms with Gasteiger partial charge in [0.15, 0.2) is 5.58 Å². The Labute approximate surface area is 160 Å². The summed E-state index contributed by atoms with van der Waals surface area (Å²) < 4.78 is 6.03. The van der Waals surface area contributed by atoms with Crippen molar-refractivity contribution in [3.8, 4) is 11.3 Å². The first-order valence-corrected chi connectivity index (χ1v) is 9.03. The molecule has 3 N–H and O–H groups in total. The van der Waals surface area contributed by atoms with Crippen LogP contribution in [0.2, 0.25) is 10.0 Å². The van der Waals surface area contributed by atoms with Crippen LogP contribution in [-0.2, 0) is 17.8 Å². The summed E-state index contributed by atoms with van der Waals surface area (Å²) >= 11 is 12.7. The van der Waals surface area contributed by atoms with E-state index in [4.69, 9.17) is 33.4 Å². The number of fused-ring (bicyclic) bond motifs is 3. The first-order valence-electron chi connectivity index (χ1n) is 8.27. The summed E-state index contributed by atoms with van der Waals surface area (Å²) in [4.78, 5) is 14.4. The average Bonchev–Trinajstić information content (AvgIpc) is 3.24. The number of benzene rings is 1. The Hall–Kier alpha value is -2.02. The van der Waals surface area contributed by atoms with Gasteiger partial charge in [-0.3, -0.25) is 9.89 Å². The van der Waals surface area contributed by atoms with E-state index in [9.17, 15) is 4.79 Å². The first-order chi connectivity index (χ1) is 12.3. The molecule has 0 radical (unpaired) electrons. The predicted molar refractivity (Wildman–Crippen MR) is 101 cm³/mol. The summed E-state index contributed by atoms with van der Waals surface area (Å²) in [5.41, 5.74) is 8.20. The molecule has 6 nitrogen and oxygen atoms in total. The Bertz CT molecular complexity index is 1000. The van der Waals surface area contributed by atoms with Crippen molar-refractivity contribution < 1.29 is 9.21 Å². The van der Waals surface area contributed by atoms with E-state index in [1.54, 1.807) is 31.0 Å². The first kappa shape index (κ1) is 17.4. The maximum atomic E-state index is 12.6. The van der Waals surface area contributed by atoms with Crippen LogP contribution in [-0.4, -0.2) is 33.1 Å². The van der Waals surface area contributed by atoms with Crippen LogP contribution in [0.15, 0.2) is 22.7 Å². The zero-order valence-corrected chi connectivity index (χ0v) is 15.9. The summed E-state index contributed by atoms with van der Waals surface area (Å²) in [6, 6.07) is 3.65. The Balaban J connectivity index is 1.90. The van der Waals surface area contributed by atoms with E-state index >= 15 is 0 Å². The molecule has 2 aromatic heterocycles. The van der Waals surface area contributed by atoms with E-state index in [1.807, 2.05) is 6.07 Å². The molecule has 0 fully saturated rings. The number of H-pyrrole nitrogens is 1. The number of nitrogens with two attached hydrogens (primary N) is 1. The number of rotatable bonds is 2. The van der Waals surface area contributed by atoms with Crippen molar-refractivity contribution in [1.29, 1.82) is 0 Å². The summed E-state index contributed by atoms with van der Waals surface area (Å²) in [5, 5.41) is 8.60. The number of nitrogens with zero attached hydrogens (tertiary/aromatic N) is 2. The van der Waals surface area contributed by atoms with Gasteiger partial charge in [0, 0.05) is 42.2 Å². The van der Waals surface area contributed by atoms with Gasteiger partial charge in [-0.25, -0.2) is 0 Å². The van der Waals surface area contributed by atoms with Gasteiger partial charge < -0.3 is 15.1 Å². The zero-order valence-electron chi connectivity index (χ0n) is 14.4. The Morgan fingerprint density at radius 2 is 2.19 bits per heavy atom. The number of hydrogen-bond acceptors (Lipinski definition) is 4. The van der Waals surface area contributed by atoms with Gasteiger partial charge >= 0.3 is 0 Å². The number of aromatic nitrogens is 2. The molecular weight excluding hydrogens is 375 g/mol. The van der Waals surface area contributed by atoms with Gasteiger partial charge in [-0.2, -0.15) is 5.10 Å². The summed E-state index contributed by atoms with van der Waals surface area (Å²) in [5.74, 6) is 0.726. The zero-order chi connectivity index (χ0) is 18.6. The molecule has 136 valence electrons. The van der Waals surface area contributed by atoms with Crippen LogP contribution in [0.3, 0.4) is 0 Å². The fourth-order valence-corrected chi connectivity index (χ4v) is 3.78. The van der Waals surface area contributed by atoms with Crippen LogP contribution in [0.25, 0.3) is 22.2 Å². The van der Waals surface area contributed by atoms with Gasteiger partial charge in [-0.05, 0) is 26.0 Å². The smallest absolute Gasteiger partial charge is 0.242 e. The summed E-state index contributed by atoms with van der Waals surface area (Å²) in [6.45, 7) is 4.40. The SMILES string of the molecule is CC(C)(N)C(=O)N1CCc2oc3c(Cl)c(Cl)cc(-c4ccn[nH]4)c3c2C1. The molecular formula is C18H18Cl2N4O2. The van der Waals surface area contributed by atoms with Crippen LogP contribution in [0.5, 0.6) is 0 Å². The highest BCUT2D eigenvalue weighted by Gasteiger charge is 2.33. The van der Waals surface area contributed by atoms with E-state index in [1.165, 1.54) is 0 Å². The molecule has 0 aliphatic carbocycles. The molecule has 1 aromatic carbocycles. The topological polar surface area (TPSA) is 88.2 Å². The Kier molecular flexibility index (Phi) is 4.02. The second-order valence-corrected chi connectivity index (χ2v) is 7.88. The van der Waals surface area contributed by atoms with Gasteiger partial charge in [0.1, 0.15) is 10.8 Å². The minimum absolute atomic E-state index is 0.0966. The van der Waals surface area contributed by atoms with Crippen molar-refractivity contribution in [2.75, 3.05) is 6.54 Å². The van der Waals surface area contributed by atoms with E-state index < -0.39 is 5.54 Å². The van der Waals surface area contributed by atoms with Crippen molar-refractivity contribution in [1.82, 2.24) is 15.1 Å². The van der Waals surface area contributed by atoms with Crippen molar-refractivity contribution in [3.05, 3.63) is 39.7 Å². The lowest BCUT2D eigenvalue weighted by Crippen LogP contribution is -2.52. The van der Waals surface area contributed by atoms with Crippen LogP contribution in [0.4, 0.5) is 0 Å². The molecule has 1 aliphatic rings. The maximum Gasteiger partial charge on any atom is 0.242 e. The summed E-state index contributed by atoms with van der Waals surface area (Å²) in [7, 11) is 0. The summed E-state index contributed by atoms with van der Waals surface area (Å²) in [6.07, 6.45) is 2.27. The van der Waals surface area contributed by atoms with Crippen molar-refractivity contribution in [3.63, 3.8) is 0 Å². The highest BCUT2D eigenvalue weighted by atomic mass is 35.5. The molecule has 8 heteroatoms. The van der Waals surface area contributed by atoms with E-state index in [-0.39, 0.29) is 5.91 Å². The molecule has 0 saturated carbocycles. The predicted octanol–water partition coefficient (Wildman–Crippen LogP) is 3.75. The minimum Gasteiger partial charge on any atom is -0.459 e. The number of carbonyl (C=O) groups is 1. The standard InChI is InChI=1S/C18H18Cl2N4O2/c1-18(2,21)17(25)24-6-4-13-10(8-24)14-9(12-3-5-22-23-12)7-11(19)15(20)16(14)26-13/h3,5,7H,4,6,8,21H2,1-2H3,(H,22,23). The lowest BCUT2D eigenvalue weighted by atomic mass is 9.97. The average molecular weight is 393 g/mol. The fourth-order valence-electron chi connectivity index (χ4n) is 3.40. The molecule has 1 amide bonds. The fraction of sp³-hybridized carbons (Fsp3) is 0.333. The number of hydrogen-bond donors (Lipinski definition) is 2. The van der Waals surface area contributed by atoms with Gasteiger partial charge in [-0.15, -0.1) is 0 Å². The van der Waals surface area contributed by atoms with Gasteiger partial charge in [0.25, 0.3) is 0 Å². The number of aromatic amines is 1. The second-order valence-electron chi connectivity index (χ2n) is 7.10.